The Bertz CT molecular complexity index is 600. The molecule has 50 heavy (non-hydrogen) atoms. The summed E-state index contributed by atoms with van der Waals surface area (Å²) in [5.74, 6) is -7.69. The molecule has 0 aromatic heterocycles. The molecule has 0 radical (unpaired) electrons. The third kappa shape index (κ3) is 195. The van der Waals surface area contributed by atoms with Crippen molar-refractivity contribution in [1.82, 2.24) is 0 Å². The van der Waals surface area contributed by atoms with E-state index >= 15 is 0 Å². The molecule has 0 aromatic carbocycles. The van der Waals surface area contributed by atoms with Crippen LogP contribution >= 0.6 is 0 Å². The molecule has 0 aliphatic rings. The van der Waals surface area contributed by atoms with Gasteiger partial charge in [-0.25, -0.2) is 0 Å². The molecule has 0 amide bonds. The molecule has 0 aliphatic heterocycles. The van der Waals surface area contributed by atoms with Crippen LogP contribution in [0, 0.1) is 0 Å². The fraction of sp³-hybridized carbons (Fsp3) is 0.750. The minimum absolute atomic E-state index is 0. The van der Waals surface area contributed by atoms with Gasteiger partial charge in [0, 0.05) is 47.8 Å². The van der Waals surface area contributed by atoms with Gasteiger partial charge in [0.05, 0.1) is 0 Å². The van der Waals surface area contributed by atoms with Crippen molar-refractivity contribution in [2.75, 3.05) is 0 Å². The first kappa shape index (κ1) is 73.1. The maximum absolute atomic E-state index is 9.49. The number of carbonyl (C=O) groups is 8. The Hall–Kier alpha value is -2.47. The van der Waals surface area contributed by atoms with E-state index in [1.54, 1.807) is 55.4 Å². The van der Waals surface area contributed by atoms with Crippen LogP contribution in [0.2, 0.25) is 0 Å². The normalized spacial score (nSPS) is 7.84. The molecule has 0 aliphatic carbocycles. The van der Waals surface area contributed by atoms with E-state index in [-0.39, 0.29) is 104 Å². The summed E-state index contributed by atoms with van der Waals surface area (Å²) in [5.41, 5.74) is 0. The predicted octanol–water partition coefficient (Wildman–Crippen LogP) is -3.71. The molecule has 18 heteroatoms. The Morgan fingerprint density at radius 1 is 0.240 bits per heavy atom. The van der Waals surface area contributed by atoms with Crippen LogP contribution in [-0.4, -0.2) is 47.8 Å². The van der Waals surface area contributed by atoms with Crippen molar-refractivity contribution < 1.29 is 132 Å². The molecule has 288 valence electrons. The summed E-state index contributed by atoms with van der Waals surface area (Å²) in [4.78, 5) is 75.9. The molecule has 0 unspecified atom stereocenters. The van der Waals surface area contributed by atoms with Gasteiger partial charge >= 0.3 is 52.4 Å². The van der Waals surface area contributed by atoms with Gasteiger partial charge in [0.15, 0.2) is 0 Å². The van der Waals surface area contributed by atoms with Crippen LogP contribution in [0.3, 0.4) is 0 Å². The number of carboxylic acids is 8. The topological polar surface area (TPSA) is 321 Å². The average Bonchev–Trinajstić information content (AvgIpc) is 2.90. The molecule has 0 rings (SSSR count). The van der Waals surface area contributed by atoms with Crippen molar-refractivity contribution in [2.45, 2.75) is 158 Å². The van der Waals surface area contributed by atoms with Gasteiger partial charge in [-0.05, 0) is 51.4 Å². The van der Waals surface area contributed by atoms with Crippen LogP contribution in [0.15, 0.2) is 0 Å². The largest absolute Gasteiger partial charge is 4.00 e. The zero-order valence-corrected chi connectivity index (χ0v) is 35.8. The minimum Gasteiger partial charge on any atom is -0.550 e. The van der Waals surface area contributed by atoms with Gasteiger partial charge in [-0.15, -0.1) is 0 Å². The Morgan fingerprint density at radius 2 is 0.300 bits per heavy atom. The molecule has 0 saturated heterocycles. The maximum atomic E-state index is 9.49. The number of hydrogen-bond donors (Lipinski definition) is 0. The van der Waals surface area contributed by atoms with Crippen LogP contribution < -0.4 is 40.9 Å². The quantitative estimate of drug-likeness (QED) is 0.144. The SMILES string of the molecule is CCCC(=O)[O-].CCCC(=O)[O-].CCCC(=O)[O-].CCCC(=O)[O-].CCCC(=O)[O-].CCCC(=O)[O-].CCCC(=O)[O-].CCCC(=O)[O-].[Zr+4].[Zr+4]. The zero-order valence-electron chi connectivity index (χ0n) is 30.8. The van der Waals surface area contributed by atoms with Gasteiger partial charge in [-0.1, -0.05) is 107 Å². The molecule has 0 heterocycles. The number of hydrogen-bond acceptors (Lipinski definition) is 16. The van der Waals surface area contributed by atoms with E-state index in [0.29, 0.717) is 51.4 Å². The van der Waals surface area contributed by atoms with Crippen LogP contribution in [0.4, 0.5) is 0 Å². The van der Waals surface area contributed by atoms with Gasteiger partial charge in [-0.3, -0.25) is 0 Å². The summed E-state index contributed by atoms with van der Waals surface area (Å²) < 4.78 is 0. The molecule has 0 fully saturated rings. The maximum Gasteiger partial charge on any atom is 4.00 e. The molecular weight excluding hydrogens is 823 g/mol. The van der Waals surface area contributed by atoms with Crippen LogP contribution in [-0.2, 0) is 90.8 Å². The van der Waals surface area contributed by atoms with Crippen molar-refractivity contribution >= 4 is 47.8 Å². The van der Waals surface area contributed by atoms with Gasteiger partial charge in [0.25, 0.3) is 0 Å². The van der Waals surface area contributed by atoms with E-state index in [1.165, 1.54) is 0 Å². The van der Waals surface area contributed by atoms with E-state index < -0.39 is 47.8 Å². The third-order valence-corrected chi connectivity index (χ3v) is 3.63. The van der Waals surface area contributed by atoms with Crippen molar-refractivity contribution in [1.29, 1.82) is 0 Å². The first-order valence-corrected chi connectivity index (χ1v) is 15.8. The molecule has 0 atom stereocenters. The van der Waals surface area contributed by atoms with Gasteiger partial charge in [0.2, 0.25) is 0 Å². The Morgan fingerprint density at radius 3 is 0.300 bits per heavy atom. The van der Waals surface area contributed by atoms with E-state index in [0.717, 1.165) is 0 Å². The average molecular weight is 879 g/mol. The van der Waals surface area contributed by atoms with E-state index in [9.17, 15) is 79.2 Å². The first-order chi connectivity index (χ1) is 22.2. The van der Waals surface area contributed by atoms with Crippen molar-refractivity contribution in [3.63, 3.8) is 0 Å². The second-order valence-electron chi connectivity index (χ2n) is 8.98. The van der Waals surface area contributed by atoms with E-state index in [4.69, 9.17) is 0 Å². The van der Waals surface area contributed by atoms with Gasteiger partial charge in [-0.2, -0.15) is 0 Å². The minimum atomic E-state index is -0.961. The Kier molecular flexibility index (Phi) is 100. The van der Waals surface area contributed by atoms with Gasteiger partial charge < -0.3 is 79.2 Å². The molecular formula is C32H56O16Zr2. The summed E-state index contributed by atoms with van der Waals surface area (Å²) in [5, 5.41) is 75.9. The molecule has 0 spiro atoms. The molecule has 16 nitrogen and oxygen atoms in total. The number of aliphatic carboxylic acids is 8. The van der Waals surface area contributed by atoms with Crippen LogP contribution in [0.25, 0.3) is 0 Å². The van der Waals surface area contributed by atoms with Crippen molar-refractivity contribution in [3.8, 4) is 0 Å². The van der Waals surface area contributed by atoms with Crippen LogP contribution in [0.1, 0.15) is 158 Å². The number of rotatable bonds is 16. The second kappa shape index (κ2) is 68.5. The van der Waals surface area contributed by atoms with Crippen molar-refractivity contribution in [3.05, 3.63) is 0 Å². The zero-order chi connectivity index (χ0) is 39.9. The molecule has 0 aromatic rings. The van der Waals surface area contributed by atoms with E-state index in [1.807, 2.05) is 0 Å². The number of carbonyl (C=O) groups excluding carboxylic acids is 8. The van der Waals surface area contributed by atoms with Crippen LogP contribution in [0.5, 0.6) is 0 Å². The Labute approximate surface area is 335 Å². The summed E-state index contributed by atoms with van der Waals surface area (Å²) >= 11 is 0. The molecule has 0 saturated carbocycles. The molecule has 0 N–H and O–H groups in total. The fourth-order valence-corrected chi connectivity index (χ4v) is 1.63. The second-order valence-corrected chi connectivity index (χ2v) is 8.98. The van der Waals surface area contributed by atoms with E-state index in [2.05, 4.69) is 0 Å². The summed E-state index contributed by atoms with van der Waals surface area (Å²) in [6.07, 6.45) is 6.80. The monoisotopic (exact) mass is 876 g/mol. The summed E-state index contributed by atoms with van der Waals surface area (Å²) in [6, 6.07) is 0. The number of carboxylic acid groups (broad SMARTS) is 8. The third-order valence-electron chi connectivity index (χ3n) is 3.63. The predicted molar refractivity (Wildman–Crippen MR) is 159 cm³/mol. The van der Waals surface area contributed by atoms with Gasteiger partial charge in [0.1, 0.15) is 0 Å². The summed E-state index contributed by atoms with van der Waals surface area (Å²) in [6.45, 7) is 14.4. The van der Waals surface area contributed by atoms with Crippen molar-refractivity contribution in [2.24, 2.45) is 0 Å². The smallest absolute Gasteiger partial charge is 0.550 e. The molecule has 0 bridgehead atoms. The fourth-order valence-electron chi connectivity index (χ4n) is 1.63. The first-order valence-electron chi connectivity index (χ1n) is 15.8. The Balaban J connectivity index is -0.0000000455. The standard InChI is InChI=1S/8C4H8O2.2Zr/c8*1-2-3-4(5)6;;/h8*2-3H2,1H3,(H,5,6);;/q;;;;;;;;2*+4/p-8. The summed E-state index contributed by atoms with van der Waals surface area (Å²) in [7, 11) is 0.